The molecule has 2 saturated heterocycles. The van der Waals surface area contributed by atoms with Crippen molar-refractivity contribution in [2.75, 3.05) is 56.2 Å². The summed E-state index contributed by atoms with van der Waals surface area (Å²) < 4.78 is 44.2. The fourth-order valence-electron chi connectivity index (χ4n) is 3.81. The minimum Gasteiger partial charge on any atom is -0.486 e. The van der Waals surface area contributed by atoms with Gasteiger partial charge in [0.25, 0.3) is 5.91 Å². The van der Waals surface area contributed by atoms with Crippen LogP contribution >= 0.6 is 0 Å². The summed E-state index contributed by atoms with van der Waals surface area (Å²) in [5, 5.41) is 0. The number of alkyl halides is 3. The maximum atomic E-state index is 13.0. The molecule has 2 aliphatic rings. The number of carbonyl (C=O) groups excluding carboxylic acids is 1. The van der Waals surface area contributed by atoms with Crippen LogP contribution in [0.2, 0.25) is 0 Å². The molecular weight excluding hydrogens is 407 g/mol. The van der Waals surface area contributed by atoms with E-state index in [2.05, 4.69) is 16.8 Å². The number of hydrogen-bond acceptors (Lipinski definition) is 4. The molecule has 0 bridgehead atoms. The van der Waals surface area contributed by atoms with Crippen LogP contribution < -0.4 is 9.80 Å². The van der Waals surface area contributed by atoms with Crippen molar-refractivity contribution in [3.63, 3.8) is 0 Å². The predicted molar refractivity (Wildman–Crippen MR) is 114 cm³/mol. The summed E-state index contributed by atoms with van der Waals surface area (Å²) >= 11 is 0. The average molecular weight is 431 g/mol. The first-order valence-electron chi connectivity index (χ1n) is 10.2. The third-order valence-corrected chi connectivity index (χ3v) is 5.60. The molecule has 0 spiro atoms. The monoisotopic (exact) mass is 431 g/mol. The van der Waals surface area contributed by atoms with Crippen LogP contribution in [0.15, 0.2) is 54.3 Å². The molecule has 0 aromatic heterocycles. The van der Waals surface area contributed by atoms with Gasteiger partial charge in [-0.1, -0.05) is 18.2 Å². The Morgan fingerprint density at radius 2 is 1.61 bits per heavy atom. The topological polar surface area (TPSA) is 36.0 Å². The first kappa shape index (κ1) is 21.2. The van der Waals surface area contributed by atoms with Crippen molar-refractivity contribution in [1.29, 1.82) is 0 Å². The number of nitrogens with zero attached hydrogens (tertiary/aromatic N) is 3. The van der Waals surface area contributed by atoms with Crippen LogP contribution in [0.4, 0.5) is 24.5 Å². The van der Waals surface area contributed by atoms with E-state index in [-0.39, 0.29) is 24.8 Å². The summed E-state index contributed by atoms with van der Waals surface area (Å²) in [5.41, 5.74) is 1.59. The number of amides is 1. The van der Waals surface area contributed by atoms with Crippen LogP contribution in [-0.2, 0) is 15.7 Å². The third-order valence-electron chi connectivity index (χ3n) is 5.60. The van der Waals surface area contributed by atoms with Crippen molar-refractivity contribution in [3.05, 3.63) is 65.4 Å². The maximum Gasteiger partial charge on any atom is 0.416 e. The molecule has 5 nitrogen and oxygen atoms in total. The van der Waals surface area contributed by atoms with Gasteiger partial charge in [0.2, 0.25) is 0 Å². The molecule has 0 N–H and O–H groups in total. The Balaban J connectivity index is 1.57. The highest BCUT2D eigenvalue weighted by molar-refractivity contribution is 6.07. The van der Waals surface area contributed by atoms with Gasteiger partial charge in [-0.05, 0) is 43.5 Å². The van der Waals surface area contributed by atoms with Crippen molar-refractivity contribution in [2.24, 2.45) is 0 Å². The van der Waals surface area contributed by atoms with Gasteiger partial charge >= 0.3 is 6.18 Å². The van der Waals surface area contributed by atoms with Crippen LogP contribution in [0.3, 0.4) is 0 Å². The summed E-state index contributed by atoms with van der Waals surface area (Å²) in [4.78, 5) is 19.0. The number of para-hydroxylation sites is 1. The third kappa shape index (κ3) is 4.69. The number of likely N-dealkylation sites (N-methyl/N-ethyl adjacent to an activating group) is 1. The molecule has 2 fully saturated rings. The second-order valence-corrected chi connectivity index (χ2v) is 7.71. The van der Waals surface area contributed by atoms with E-state index in [0.717, 1.165) is 49.6 Å². The van der Waals surface area contributed by atoms with Gasteiger partial charge in [0.1, 0.15) is 6.61 Å². The molecule has 8 heteroatoms. The van der Waals surface area contributed by atoms with Crippen LogP contribution in [0, 0.1) is 0 Å². The van der Waals surface area contributed by atoms with Crippen LogP contribution in [0.5, 0.6) is 0 Å². The van der Waals surface area contributed by atoms with Gasteiger partial charge in [0.15, 0.2) is 5.76 Å². The highest BCUT2D eigenvalue weighted by Crippen LogP contribution is 2.32. The lowest BCUT2D eigenvalue weighted by molar-refractivity contribution is -0.137. The summed E-state index contributed by atoms with van der Waals surface area (Å²) in [7, 11) is 2.09. The van der Waals surface area contributed by atoms with Gasteiger partial charge in [-0.25, -0.2) is 0 Å². The molecule has 2 aromatic carbocycles. The zero-order chi connectivity index (χ0) is 22.0. The fraction of sp³-hybridized carbons (Fsp3) is 0.348. The number of halogens is 3. The van der Waals surface area contributed by atoms with E-state index in [1.165, 1.54) is 17.0 Å². The Labute approximate surface area is 179 Å². The Hall–Kier alpha value is -3.00. The zero-order valence-corrected chi connectivity index (χ0v) is 17.2. The lowest BCUT2D eigenvalue weighted by Gasteiger charge is -2.35. The predicted octanol–water partition coefficient (Wildman–Crippen LogP) is 3.86. The van der Waals surface area contributed by atoms with Gasteiger partial charge < -0.3 is 19.4 Å². The van der Waals surface area contributed by atoms with Crippen LogP contribution in [-0.4, -0.2) is 57.2 Å². The molecule has 0 atom stereocenters. The van der Waals surface area contributed by atoms with Gasteiger partial charge in [-0.2, -0.15) is 13.2 Å². The normalized spacial score (nSPS) is 19.6. The first-order valence-corrected chi connectivity index (χ1v) is 10.2. The minimum absolute atomic E-state index is 0.188. The lowest BCUT2D eigenvalue weighted by Crippen LogP contribution is -2.44. The molecule has 0 aliphatic carbocycles. The number of ether oxygens (including phenoxy) is 1. The van der Waals surface area contributed by atoms with Gasteiger partial charge in [0.05, 0.1) is 12.1 Å². The van der Waals surface area contributed by atoms with E-state index in [0.29, 0.717) is 5.69 Å². The van der Waals surface area contributed by atoms with E-state index < -0.39 is 11.7 Å². The van der Waals surface area contributed by atoms with E-state index in [9.17, 15) is 18.0 Å². The molecule has 0 unspecified atom stereocenters. The Morgan fingerprint density at radius 3 is 2.29 bits per heavy atom. The maximum absolute atomic E-state index is 13.0. The fourth-order valence-corrected chi connectivity index (χ4v) is 3.81. The van der Waals surface area contributed by atoms with E-state index in [4.69, 9.17) is 4.74 Å². The highest BCUT2D eigenvalue weighted by atomic mass is 19.4. The largest absolute Gasteiger partial charge is 0.486 e. The Kier molecular flexibility index (Phi) is 5.91. The summed E-state index contributed by atoms with van der Waals surface area (Å²) in [6.45, 7) is 4.26. The molecule has 2 aromatic rings. The SMILES string of the molecule is CN1CCN(c2ccccc2/C=C2\OCCN(c3ccc(C(F)(F)F)cc3)C2=O)CC1. The first-order chi connectivity index (χ1) is 14.8. The quantitative estimate of drug-likeness (QED) is 0.692. The number of carbonyl (C=O) groups is 1. The van der Waals surface area contributed by atoms with Crippen molar-refractivity contribution in [3.8, 4) is 0 Å². The number of morpholine rings is 1. The molecule has 0 saturated carbocycles. The summed E-state index contributed by atoms with van der Waals surface area (Å²) in [6.07, 6.45) is -2.68. The molecule has 164 valence electrons. The van der Waals surface area contributed by atoms with Gasteiger partial charge in [-0.3, -0.25) is 4.79 Å². The molecule has 31 heavy (non-hydrogen) atoms. The van der Waals surface area contributed by atoms with Crippen molar-refractivity contribution >= 4 is 23.4 Å². The molecule has 4 rings (SSSR count). The smallest absolute Gasteiger partial charge is 0.416 e. The second kappa shape index (κ2) is 8.63. The lowest BCUT2D eigenvalue weighted by atomic mass is 10.1. The van der Waals surface area contributed by atoms with Crippen molar-refractivity contribution in [1.82, 2.24) is 4.90 Å². The van der Waals surface area contributed by atoms with Crippen LogP contribution in [0.1, 0.15) is 11.1 Å². The van der Waals surface area contributed by atoms with Crippen molar-refractivity contribution in [2.45, 2.75) is 6.18 Å². The molecule has 2 aliphatic heterocycles. The number of benzene rings is 2. The second-order valence-electron chi connectivity index (χ2n) is 7.71. The standard InChI is InChI=1S/C23H24F3N3O2/c1-27-10-12-28(13-11-27)20-5-3-2-4-17(20)16-21-22(30)29(14-15-31-21)19-8-6-18(7-9-19)23(24,25)26/h2-9,16H,10-15H2,1H3/b21-16-. The molecule has 2 heterocycles. The highest BCUT2D eigenvalue weighted by Gasteiger charge is 2.31. The van der Waals surface area contributed by atoms with E-state index >= 15 is 0 Å². The van der Waals surface area contributed by atoms with Crippen molar-refractivity contribution < 1.29 is 22.7 Å². The zero-order valence-electron chi connectivity index (χ0n) is 17.2. The summed E-state index contributed by atoms with van der Waals surface area (Å²) in [5.74, 6) is -0.174. The number of anilines is 2. The number of hydrogen-bond donors (Lipinski definition) is 0. The molecule has 0 radical (unpaired) electrons. The van der Waals surface area contributed by atoms with Crippen LogP contribution in [0.25, 0.3) is 6.08 Å². The van der Waals surface area contributed by atoms with Gasteiger partial charge in [0, 0.05) is 43.1 Å². The van der Waals surface area contributed by atoms with Gasteiger partial charge in [-0.15, -0.1) is 0 Å². The Morgan fingerprint density at radius 1 is 0.935 bits per heavy atom. The summed E-state index contributed by atoms with van der Waals surface area (Å²) in [6, 6.07) is 12.5. The number of piperazine rings is 1. The number of rotatable bonds is 3. The van der Waals surface area contributed by atoms with E-state index in [1.54, 1.807) is 6.08 Å². The van der Waals surface area contributed by atoms with E-state index in [1.807, 2.05) is 24.3 Å². The minimum atomic E-state index is -4.41. The average Bonchev–Trinajstić information content (AvgIpc) is 2.76. The molecular formula is C23H24F3N3O2. The Bertz CT molecular complexity index is 965. The molecule has 1 amide bonds.